The molecule has 0 unspecified atom stereocenters. The lowest BCUT2D eigenvalue weighted by molar-refractivity contribution is -0.384. The molecule has 0 amide bonds. The van der Waals surface area contributed by atoms with Gasteiger partial charge in [-0.15, -0.1) is 0 Å². The quantitative estimate of drug-likeness (QED) is 0.550. The molecule has 0 spiro atoms. The van der Waals surface area contributed by atoms with Crippen LogP contribution in [0.25, 0.3) is 0 Å². The van der Waals surface area contributed by atoms with Gasteiger partial charge in [0.15, 0.2) is 0 Å². The molecule has 2 N–H and O–H groups in total. The molecule has 7 heteroatoms. The monoisotopic (exact) mass is 268 g/mol. The minimum Gasteiger partial charge on any atom is -0.395 e. The first-order valence-electron chi connectivity index (χ1n) is 6.38. The normalized spacial score (nSPS) is 10.3. The van der Waals surface area contributed by atoms with Gasteiger partial charge in [-0.05, 0) is 13.3 Å². The van der Waals surface area contributed by atoms with E-state index < -0.39 is 4.92 Å². The fourth-order valence-corrected chi connectivity index (χ4v) is 1.77. The molecule has 0 saturated carbocycles. The second kappa shape index (κ2) is 7.52. The molecule has 106 valence electrons. The summed E-state index contributed by atoms with van der Waals surface area (Å²) in [5.74, 6) is 0.992. The number of aliphatic hydroxyl groups is 1. The van der Waals surface area contributed by atoms with E-state index in [4.69, 9.17) is 5.11 Å². The molecular weight excluding hydrogens is 248 g/mol. The van der Waals surface area contributed by atoms with Crippen LogP contribution < -0.4 is 10.2 Å². The topological polar surface area (TPSA) is 91.5 Å². The average molecular weight is 268 g/mol. The highest BCUT2D eigenvalue weighted by atomic mass is 16.6. The molecule has 0 radical (unpaired) electrons. The third-order valence-corrected chi connectivity index (χ3v) is 2.55. The van der Waals surface area contributed by atoms with Crippen LogP contribution in [-0.4, -0.2) is 41.3 Å². The number of aliphatic hydroxyl groups excluding tert-OH is 1. The van der Waals surface area contributed by atoms with Gasteiger partial charge in [0.2, 0.25) is 0 Å². The molecule has 0 saturated heterocycles. The summed E-state index contributed by atoms with van der Waals surface area (Å²) >= 11 is 0. The van der Waals surface area contributed by atoms with Crippen molar-refractivity contribution in [2.45, 2.75) is 20.3 Å². The predicted molar refractivity (Wildman–Crippen MR) is 74.6 cm³/mol. The summed E-state index contributed by atoms with van der Waals surface area (Å²) in [5, 5.41) is 23.0. The Hall–Kier alpha value is -1.89. The van der Waals surface area contributed by atoms with Crippen LogP contribution >= 0.6 is 0 Å². The van der Waals surface area contributed by atoms with Gasteiger partial charge in [0.05, 0.1) is 23.7 Å². The van der Waals surface area contributed by atoms with Crippen LogP contribution in [0, 0.1) is 10.1 Å². The highest BCUT2D eigenvalue weighted by Crippen LogP contribution is 2.23. The Labute approximate surface area is 112 Å². The second-order valence-electron chi connectivity index (χ2n) is 4.07. The Morgan fingerprint density at radius 3 is 2.68 bits per heavy atom. The molecule has 0 aromatic carbocycles. The molecule has 0 aliphatic rings. The van der Waals surface area contributed by atoms with E-state index in [1.807, 2.05) is 18.7 Å². The van der Waals surface area contributed by atoms with Crippen LogP contribution in [0.1, 0.15) is 20.3 Å². The van der Waals surface area contributed by atoms with Gasteiger partial charge < -0.3 is 15.3 Å². The standard InChI is InChI=1S/C12H20N4O3/c1-3-5-15(6-7-17)12-9-10(16(18)19)8-11(14-12)13-4-2/h8-9,17H,3-7H2,1-2H3,(H,13,14). The SMILES string of the molecule is CCCN(CCO)c1cc([N+](=O)[O-])cc(NCC)n1. The average Bonchev–Trinajstić information content (AvgIpc) is 2.38. The first-order valence-corrected chi connectivity index (χ1v) is 6.38. The van der Waals surface area contributed by atoms with Crippen LogP contribution in [-0.2, 0) is 0 Å². The number of aromatic nitrogens is 1. The fourth-order valence-electron chi connectivity index (χ4n) is 1.77. The van der Waals surface area contributed by atoms with E-state index in [0.717, 1.165) is 6.42 Å². The van der Waals surface area contributed by atoms with E-state index in [1.165, 1.54) is 12.1 Å². The van der Waals surface area contributed by atoms with Gasteiger partial charge in [0.1, 0.15) is 11.6 Å². The lowest BCUT2D eigenvalue weighted by Crippen LogP contribution is -2.28. The van der Waals surface area contributed by atoms with E-state index in [-0.39, 0.29) is 12.3 Å². The van der Waals surface area contributed by atoms with Crippen LogP contribution in [0.2, 0.25) is 0 Å². The summed E-state index contributed by atoms with van der Waals surface area (Å²) in [7, 11) is 0. The lowest BCUT2D eigenvalue weighted by Gasteiger charge is -2.22. The molecule has 0 aliphatic carbocycles. The van der Waals surface area contributed by atoms with Crippen LogP contribution in [0.3, 0.4) is 0 Å². The summed E-state index contributed by atoms with van der Waals surface area (Å²) < 4.78 is 0. The van der Waals surface area contributed by atoms with E-state index >= 15 is 0 Å². The van der Waals surface area contributed by atoms with Gasteiger partial charge >= 0.3 is 0 Å². The number of pyridine rings is 1. The summed E-state index contributed by atoms with van der Waals surface area (Å²) in [6.07, 6.45) is 0.876. The molecule has 1 heterocycles. The zero-order valence-electron chi connectivity index (χ0n) is 11.3. The first kappa shape index (κ1) is 15.2. The summed E-state index contributed by atoms with van der Waals surface area (Å²) in [4.78, 5) is 16.7. The zero-order chi connectivity index (χ0) is 14.3. The van der Waals surface area contributed by atoms with Gasteiger partial charge in [-0.2, -0.15) is 0 Å². The van der Waals surface area contributed by atoms with Crippen molar-refractivity contribution in [1.29, 1.82) is 0 Å². The second-order valence-corrected chi connectivity index (χ2v) is 4.07. The van der Waals surface area contributed by atoms with Gasteiger partial charge in [-0.1, -0.05) is 6.92 Å². The van der Waals surface area contributed by atoms with Crippen molar-refractivity contribution < 1.29 is 10.0 Å². The van der Waals surface area contributed by atoms with Crippen molar-refractivity contribution in [2.75, 3.05) is 36.5 Å². The Bertz CT molecular complexity index is 419. The zero-order valence-corrected chi connectivity index (χ0v) is 11.3. The third kappa shape index (κ3) is 4.36. The molecule has 0 fully saturated rings. The Balaban J connectivity index is 3.11. The third-order valence-electron chi connectivity index (χ3n) is 2.55. The number of nitro groups is 1. The van der Waals surface area contributed by atoms with Gasteiger partial charge in [-0.3, -0.25) is 10.1 Å². The molecule has 0 atom stereocenters. The van der Waals surface area contributed by atoms with Crippen molar-refractivity contribution in [3.8, 4) is 0 Å². The van der Waals surface area contributed by atoms with Crippen molar-refractivity contribution in [3.05, 3.63) is 22.2 Å². The van der Waals surface area contributed by atoms with Gasteiger partial charge in [0, 0.05) is 19.6 Å². The van der Waals surface area contributed by atoms with Crippen molar-refractivity contribution >= 4 is 17.3 Å². The molecule has 1 rings (SSSR count). The van der Waals surface area contributed by atoms with Gasteiger partial charge in [-0.25, -0.2) is 4.98 Å². The molecule has 19 heavy (non-hydrogen) atoms. The van der Waals surface area contributed by atoms with E-state index in [9.17, 15) is 10.1 Å². The number of hydrogen-bond acceptors (Lipinski definition) is 6. The maximum atomic E-state index is 10.9. The summed E-state index contributed by atoms with van der Waals surface area (Å²) in [5.41, 5.74) is -0.00000661. The molecular formula is C12H20N4O3. The lowest BCUT2D eigenvalue weighted by atomic mass is 10.3. The molecule has 0 aliphatic heterocycles. The van der Waals surface area contributed by atoms with Crippen molar-refractivity contribution in [1.82, 2.24) is 4.98 Å². The van der Waals surface area contributed by atoms with Crippen LogP contribution in [0.5, 0.6) is 0 Å². The molecule has 0 bridgehead atoms. The van der Waals surface area contributed by atoms with E-state index in [1.54, 1.807) is 0 Å². The number of rotatable bonds is 8. The maximum Gasteiger partial charge on any atom is 0.276 e. The minimum atomic E-state index is -0.435. The van der Waals surface area contributed by atoms with Gasteiger partial charge in [0.25, 0.3) is 5.69 Å². The number of anilines is 2. The Kier molecular flexibility index (Phi) is 6.01. The number of nitrogens with zero attached hydrogens (tertiary/aromatic N) is 3. The van der Waals surface area contributed by atoms with E-state index in [2.05, 4.69) is 10.3 Å². The minimum absolute atomic E-state index is 0.00000661. The maximum absolute atomic E-state index is 10.9. The first-order chi connectivity index (χ1) is 9.12. The Morgan fingerprint density at radius 2 is 2.16 bits per heavy atom. The van der Waals surface area contributed by atoms with Crippen molar-refractivity contribution in [2.24, 2.45) is 0 Å². The highest BCUT2D eigenvalue weighted by Gasteiger charge is 2.15. The van der Waals surface area contributed by atoms with E-state index in [0.29, 0.717) is 31.3 Å². The summed E-state index contributed by atoms with van der Waals surface area (Å²) in [6.45, 7) is 5.64. The number of nitrogens with one attached hydrogen (secondary N) is 1. The molecule has 7 nitrogen and oxygen atoms in total. The van der Waals surface area contributed by atoms with Crippen LogP contribution in [0.15, 0.2) is 12.1 Å². The smallest absolute Gasteiger partial charge is 0.276 e. The summed E-state index contributed by atoms with van der Waals surface area (Å²) in [6, 6.07) is 2.85. The Morgan fingerprint density at radius 1 is 1.42 bits per heavy atom. The van der Waals surface area contributed by atoms with Crippen molar-refractivity contribution in [3.63, 3.8) is 0 Å². The molecule has 1 aromatic heterocycles. The predicted octanol–water partition coefficient (Wildman–Crippen LogP) is 1.63. The highest BCUT2D eigenvalue weighted by molar-refractivity contribution is 5.55. The molecule has 1 aromatic rings. The largest absolute Gasteiger partial charge is 0.395 e. The fraction of sp³-hybridized carbons (Fsp3) is 0.583. The van der Waals surface area contributed by atoms with Crippen LogP contribution in [0.4, 0.5) is 17.3 Å². The number of hydrogen-bond donors (Lipinski definition) is 2.